The Kier molecular flexibility index (Phi) is 4.34. The molecule has 0 unspecified atom stereocenters. The molecular formula is C17H15N3OS. The third kappa shape index (κ3) is 3.09. The van der Waals surface area contributed by atoms with Crippen molar-refractivity contribution in [1.82, 2.24) is 14.8 Å². The van der Waals surface area contributed by atoms with Gasteiger partial charge in [0, 0.05) is 18.2 Å². The fraction of sp³-hybridized carbons (Fsp3) is 0.118. The fourth-order valence-electron chi connectivity index (χ4n) is 2.14. The summed E-state index contributed by atoms with van der Waals surface area (Å²) in [5, 5.41) is 9.00. The minimum absolute atomic E-state index is 0.0839. The van der Waals surface area contributed by atoms with Crippen LogP contribution in [0.3, 0.4) is 0 Å². The molecule has 1 aromatic heterocycles. The number of carbonyl (C=O) groups is 1. The zero-order chi connectivity index (χ0) is 15.4. The highest BCUT2D eigenvalue weighted by Gasteiger charge is 2.17. The van der Waals surface area contributed by atoms with E-state index in [2.05, 4.69) is 22.3 Å². The molecule has 3 rings (SSSR count). The molecule has 0 atom stereocenters. The van der Waals surface area contributed by atoms with Gasteiger partial charge in [-0.3, -0.25) is 4.79 Å². The molecule has 0 spiro atoms. The zero-order valence-corrected chi connectivity index (χ0v) is 13.0. The molecule has 3 aromatic rings. The van der Waals surface area contributed by atoms with Crippen LogP contribution in [0.5, 0.6) is 0 Å². The second-order valence-corrected chi connectivity index (χ2v) is 5.74. The molecule has 110 valence electrons. The molecule has 0 amide bonds. The Morgan fingerprint density at radius 2 is 1.64 bits per heavy atom. The van der Waals surface area contributed by atoms with Crippen LogP contribution in [0.1, 0.15) is 17.3 Å². The smallest absolute Gasteiger partial charge is 0.231 e. The summed E-state index contributed by atoms with van der Waals surface area (Å²) in [6.45, 7) is 1.53. The lowest BCUT2D eigenvalue weighted by Gasteiger charge is -2.06. The van der Waals surface area contributed by atoms with Crippen molar-refractivity contribution in [2.45, 2.75) is 17.8 Å². The van der Waals surface area contributed by atoms with Crippen LogP contribution in [0, 0.1) is 0 Å². The van der Waals surface area contributed by atoms with Crippen LogP contribution in [0.25, 0.3) is 11.4 Å². The number of thioether (sulfide) groups is 1. The van der Waals surface area contributed by atoms with E-state index in [1.165, 1.54) is 24.2 Å². The van der Waals surface area contributed by atoms with Gasteiger partial charge in [-0.25, -0.2) is 4.57 Å². The fourth-order valence-corrected chi connectivity index (χ4v) is 3.07. The van der Waals surface area contributed by atoms with Crippen LogP contribution in [0.15, 0.2) is 65.8 Å². The first kappa shape index (κ1) is 14.5. The van der Waals surface area contributed by atoms with E-state index in [0.29, 0.717) is 11.0 Å². The molecule has 0 N–H and O–H groups in total. The Balaban J connectivity index is 1.89. The van der Waals surface area contributed by atoms with Crippen molar-refractivity contribution in [3.63, 3.8) is 0 Å². The first-order valence-corrected chi connectivity index (χ1v) is 7.93. The standard InChI is InChI=1S/C17H15N3OS/c1-13(21)20-16(15-10-6-3-7-11-15)18-19-17(20)22-12-14-8-4-2-5-9-14/h2-11H,12H2,1H3. The molecule has 5 heteroatoms. The van der Waals surface area contributed by atoms with Crippen molar-refractivity contribution >= 4 is 17.7 Å². The van der Waals surface area contributed by atoms with Gasteiger partial charge >= 0.3 is 0 Å². The molecule has 0 radical (unpaired) electrons. The van der Waals surface area contributed by atoms with Crippen molar-refractivity contribution in [3.05, 3.63) is 66.2 Å². The lowest BCUT2D eigenvalue weighted by atomic mass is 10.2. The Labute approximate surface area is 133 Å². The molecule has 1 heterocycles. The van der Waals surface area contributed by atoms with E-state index in [1.807, 2.05) is 48.5 Å². The summed E-state index contributed by atoms with van der Waals surface area (Å²) in [7, 11) is 0. The minimum Gasteiger partial charge on any atom is -0.274 e. The molecule has 0 aliphatic carbocycles. The SMILES string of the molecule is CC(=O)n1c(SCc2ccccc2)nnc1-c1ccccc1. The quantitative estimate of drug-likeness (QED) is 0.686. The molecule has 22 heavy (non-hydrogen) atoms. The molecule has 0 bridgehead atoms. The van der Waals surface area contributed by atoms with E-state index in [9.17, 15) is 4.79 Å². The number of carbonyl (C=O) groups excluding carboxylic acids is 1. The summed E-state index contributed by atoms with van der Waals surface area (Å²) < 4.78 is 1.57. The second-order valence-electron chi connectivity index (χ2n) is 4.80. The molecular weight excluding hydrogens is 294 g/mol. The summed E-state index contributed by atoms with van der Waals surface area (Å²) in [5.74, 6) is 1.25. The van der Waals surface area contributed by atoms with Gasteiger partial charge in [0.05, 0.1) is 0 Å². The van der Waals surface area contributed by atoms with E-state index < -0.39 is 0 Å². The molecule has 0 aliphatic rings. The highest BCUT2D eigenvalue weighted by molar-refractivity contribution is 7.98. The van der Waals surface area contributed by atoms with Crippen molar-refractivity contribution in [2.75, 3.05) is 0 Å². The number of nitrogens with zero attached hydrogens (tertiary/aromatic N) is 3. The van der Waals surface area contributed by atoms with Gasteiger partial charge in [-0.15, -0.1) is 10.2 Å². The predicted octanol–water partition coefficient (Wildman–Crippen LogP) is 3.90. The molecule has 0 saturated carbocycles. The van der Waals surface area contributed by atoms with Gasteiger partial charge in [0.15, 0.2) is 11.0 Å². The molecule has 0 aliphatic heterocycles. The van der Waals surface area contributed by atoms with Crippen LogP contribution in [0.4, 0.5) is 0 Å². The first-order chi connectivity index (χ1) is 10.8. The molecule has 2 aromatic carbocycles. The molecule has 0 saturated heterocycles. The Morgan fingerprint density at radius 3 is 2.27 bits per heavy atom. The van der Waals surface area contributed by atoms with Gasteiger partial charge in [-0.05, 0) is 5.56 Å². The summed E-state index contributed by atoms with van der Waals surface area (Å²) in [4.78, 5) is 12.0. The van der Waals surface area contributed by atoms with Crippen molar-refractivity contribution in [1.29, 1.82) is 0 Å². The zero-order valence-electron chi connectivity index (χ0n) is 12.1. The average Bonchev–Trinajstić information content (AvgIpc) is 2.99. The maximum absolute atomic E-state index is 12.0. The number of hydrogen-bond acceptors (Lipinski definition) is 4. The average molecular weight is 309 g/mol. The molecule has 4 nitrogen and oxygen atoms in total. The van der Waals surface area contributed by atoms with Crippen molar-refractivity contribution in [3.8, 4) is 11.4 Å². The van der Waals surface area contributed by atoms with Gasteiger partial charge in [-0.2, -0.15) is 0 Å². The maximum Gasteiger partial charge on any atom is 0.231 e. The van der Waals surface area contributed by atoms with Crippen LogP contribution in [0.2, 0.25) is 0 Å². The Bertz CT molecular complexity index is 769. The van der Waals surface area contributed by atoms with Crippen LogP contribution in [-0.2, 0) is 5.75 Å². The van der Waals surface area contributed by atoms with E-state index in [4.69, 9.17) is 0 Å². The number of hydrogen-bond donors (Lipinski definition) is 0. The third-order valence-electron chi connectivity index (χ3n) is 3.19. The van der Waals surface area contributed by atoms with Gasteiger partial charge in [0.2, 0.25) is 5.91 Å². The summed E-state index contributed by atoms with van der Waals surface area (Å²) in [6.07, 6.45) is 0. The normalized spacial score (nSPS) is 10.6. The van der Waals surface area contributed by atoms with Gasteiger partial charge < -0.3 is 0 Å². The molecule has 0 fully saturated rings. The summed E-state index contributed by atoms with van der Waals surface area (Å²) in [6, 6.07) is 19.7. The van der Waals surface area contributed by atoms with Crippen LogP contribution >= 0.6 is 11.8 Å². The third-order valence-corrected chi connectivity index (χ3v) is 4.19. The van der Waals surface area contributed by atoms with Gasteiger partial charge in [-0.1, -0.05) is 72.4 Å². The van der Waals surface area contributed by atoms with E-state index in [0.717, 1.165) is 11.3 Å². The lowest BCUT2D eigenvalue weighted by molar-refractivity contribution is 0.0928. The van der Waals surface area contributed by atoms with E-state index in [-0.39, 0.29) is 5.91 Å². The van der Waals surface area contributed by atoms with Crippen LogP contribution < -0.4 is 0 Å². The number of benzene rings is 2. The minimum atomic E-state index is -0.0839. The van der Waals surface area contributed by atoms with E-state index >= 15 is 0 Å². The Morgan fingerprint density at radius 1 is 1.00 bits per heavy atom. The monoisotopic (exact) mass is 309 g/mol. The van der Waals surface area contributed by atoms with Crippen LogP contribution in [-0.4, -0.2) is 20.7 Å². The lowest BCUT2D eigenvalue weighted by Crippen LogP contribution is -2.09. The van der Waals surface area contributed by atoms with Crippen molar-refractivity contribution < 1.29 is 4.79 Å². The van der Waals surface area contributed by atoms with E-state index in [1.54, 1.807) is 4.57 Å². The number of rotatable bonds is 4. The highest BCUT2D eigenvalue weighted by Crippen LogP contribution is 2.26. The van der Waals surface area contributed by atoms with Crippen molar-refractivity contribution in [2.24, 2.45) is 0 Å². The second kappa shape index (κ2) is 6.58. The van der Waals surface area contributed by atoms with Gasteiger partial charge in [0.25, 0.3) is 0 Å². The highest BCUT2D eigenvalue weighted by atomic mass is 32.2. The summed E-state index contributed by atoms with van der Waals surface area (Å²) >= 11 is 1.51. The Hall–Kier alpha value is -2.40. The predicted molar refractivity (Wildman–Crippen MR) is 87.8 cm³/mol. The first-order valence-electron chi connectivity index (χ1n) is 6.94. The largest absolute Gasteiger partial charge is 0.274 e. The van der Waals surface area contributed by atoms with Gasteiger partial charge in [0.1, 0.15) is 0 Å². The topological polar surface area (TPSA) is 47.8 Å². The number of aromatic nitrogens is 3. The summed E-state index contributed by atoms with van der Waals surface area (Å²) in [5.41, 5.74) is 2.07. The maximum atomic E-state index is 12.0.